The summed E-state index contributed by atoms with van der Waals surface area (Å²) in [6.07, 6.45) is 4.75. The number of hydrogen-bond acceptors (Lipinski definition) is 17. The van der Waals surface area contributed by atoms with Gasteiger partial charge in [0.2, 0.25) is 24.4 Å². The predicted octanol–water partition coefficient (Wildman–Crippen LogP) is -0.960. The molecule has 0 aromatic carbocycles. The quantitative estimate of drug-likeness (QED) is 0.0163. The Balaban J connectivity index is 0.000000484. The first-order valence-corrected chi connectivity index (χ1v) is 20.8. The lowest BCUT2D eigenvalue weighted by Crippen LogP contribution is -2.71. The number of thiazole rings is 1. The number of rotatable bonds is 16. The van der Waals surface area contributed by atoms with Crippen molar-refractivity contribution in [1.29, 1.82) is 0 Å². The van der Waals surface area contributed by atoms with Gasteiger partial charge >= 0.3 is 11.9 Å². The van der Waals surface area contributed by atoms with Gasteiger partial charge in [-0.05, 0) is 19.8 Å². The molecule has 3 aromatic heterocycles. The number of amides is 2. The number of aliphatic carboxylic acids is 2. The highest BCUT2D eigenvalue weighted by Gasteiger charge is 2.54. The van der Waals surface area contributed by atoms with E-state index in [2.05, 4.69) is 29.8 Å². The van der Waals surface area contributed by atoms with Crippen LogP contribution in [0.5, 0.6) is 0 Å². The number of carboxylic acids is 2. The van der Waals surface area contributed by atoms with Crippen molar-refractivity contribution in [2.75, 3.05) is 24.0 Å². The minimum atomic E-state index is -4.92. The van der Waals surface area contributed by atoms with Gasteiger partial charge in [0.15, 0.2) is 22.7 Å². The zero-order valence-electron chi connectivity index (χ0n) is 28.8. The number of aryl methyl sites for hydroxylation is 1. The Morgan fingerprint density at radius 1 is 1.25 bits per heavy atom. The monoisotopic (exact) mass is 858 g/mol. The minimum Gasteiger partial charge on any atom is -0.762 e. The Morgan fingerprint density at radius 3 is 2.58 bits per heavy atom. The molecule has 296 valence electrons. The van der Waals surface area contributed by atoms with E-state index >= 15 is 0 Å². The second kappa shape index (κ2) is 19.3. The number of nitrogens with zero attached hydrogens (tertiary/aromatic N) is 7. The molecule has 1 fully saturated rings. The van der Waals surface area contributed by atoms with E-state index in [-0.39, 0.29) is 35.0 Å². The molecule has 1 saturated heterocycles. The number of carbonyl (C=O) groups is 4. The Hall–Kier alpha value is -4.69. The first-order chi connectivity index (χ1) is 26.0. The molecule has 0 aliphatic carbocycles. The number of thioether (sulfide) groups is 2. The van der Waals surface area contributed by atoms with E-state index < -0.39 is 54.7 Å². The molecule has 2 amide bonds. The Labute approximate surface area is 328 Å². The molecular weight excluding hydrogens is 824 g/mol. The van der Waals surface area contributed by atoms with Crippen molar-refractivity contribution in [3.05, 3.63) is 46.3 Å². The van der Waals surface area contributed by atoms with Crippen molar-refractivity contribution < 1.29 is 53.1 Å². The maximum Gasteiger partial charge on any atom is 0.353 e. The van der Waals surface area contributed by atoms with Crippen molar-refractivity contribution in [2.24, 2.45) is 34.4 Å². The first-order valence-electron chi connectivity index (χ1n) is 15.7. The molecule has 3 aromatic rings. The first kappa shape index (κ1) is 43.0. The number of fused-ring (bicyclic) bond motifs is 1. The summed E-state index contributed by atoms with van der Waals surface area (Å²) in [6, 6.07) is 1.93. The third-order valence-electron chi connectivity index (χ3n) is 7.05. The van der Waals surface area contributed by atoms with Crippen LogP contribution >= 0.6 is 54.1 Å². The lowest BCUT2D eigenvalue weighted by Gasteiger charge is -2.49. The number of aromatic nitrogens is 4. The summed E-state index contributed by atoms with van der Waals surface area (Å²) >= 11 is 4.35. The van der Waals surface area contributed by atoms with Crippen LogP contribution in [0.25, 0.3) is 11.3 Å². The number of nitrogens with one attached hydrogen (secondary N) is 2. The Bertz CT molecular complexity index is 2030. The highest BCUT2D eigenvalue weighted by Crippen LogP contribution is 2.46. The molecule has 4 unspecified atom stereocenters. The van der Waals surface area contributed by atoms with Gasteiger partial charge in [0.05, 0.1) is 5.69 Å². The van der Waals surface area contributed by atoms with E-state index in [0.29, 0.717) is 40.2 Å². The molecule has 27 heteroatoms. The summed E-state index contributed by atoms with van der Waals surface area (Å²) in [6.45, 7) is 2.10. The number of anilines is 1. The smallest absolute Gasteiger partial charge is 0.353 e. The fraction of sp³-hybridized carbons (Fsp3) is 0.357. The van der Waals surface area contributed by atoms with Crippen molar-refractivity contribution in [3.8, 4) is 11.3 Å². The van der Waals surface area contributed by atoms with Gasteiger partial charge in [0, 0.05) is 51.8 Å². The normalized spacial score (nSPS) is 18.1. The van der Waals surface area contributed by atoms with Gasteiger partial charge in [-0.15, -0.1) is 23.1 Å². The van der Waals surface area contributed by atoms with Gasteiger partial charge in [-0.2, -0.15) is 9.36 Å². The van der Waals surface area contributed by atoms with Crippen LogP contribution in [0.3, 0.4) is 0 Å². The maximum atomic E-state index is 13.2. The van der Waals surface area contributed by atoms with E-state index in [1.807, 2.05) is 41.5 Å². The number of carbonyl (C=O) groups excluding carboxylic acids is 2. The van der Waals surface area contributed by atoms with Gasteiger partial charge in [0.25, 0.3) is 11.8 Å². The van der Waals surface area contributed by atoms with Gasteiger partial charge in [-0.1, -0.05) is 16.9 Å². The third kappa shape index (κ3) is 11.9. The molecule has 5 heterocycles. The van der Waals surface area contributed by atoms with Crippen LogP contribution in [-0.2, 0) is 35.6 Å². The number of hydrogen-bond donors (Lipinski definition) is 8. The van der Waals surface area contributed by atoms with E-state index in [4.69, 9.17) is 32.0 Å². The van der Waals surface area contributed by atoms with Crippen LogP contribution in [0.15, 0.2) is 55.0 Å². The molecule has 2 aliphatic rings. The van der Waals surface area contributed by atoms with E-state index in [1.54, 1.807) is 12.0 Å². The topological polar surface area (TPSA) is 351 Å². The largest absolute Gasteiger partial charge is 0.762 e. The summed E-state index contributed by atoms with van der Waals surface area (Å²) in [7, 11) is -3.02. The van der Waals surface area contributed by atoms with Crippen LogP contribution in [0.2, 0.25) is 0 Å². The lowest BCUT2D eigenvalue weighted by atomic mass is 10.0. The molecule has 0 bridgehead atoms. The van der Waals surface area contributed by atoms with Gasteiger partial charge in [0.1, 0.15) is 36.8 Å². The molecule has 0 spiro atoms. The van der Waals surface area contributed by atoms with E-state index in [1.165, 1.54) is 34.9 Å². The molecule has 11 N–H and O–H groups in total. The number of aliphatic imine (C=N–C) groups is 1. The standard InChI is InChI=1S/C22H21N8O8PS4.C6H14N4O2/c1-3-38-26-13(16-25-21(43-28-16)27-39(35,36)37)17(31)24-14-18(32)30-15(20(33)34)12(9-40-19(14)30)42-22-23-11(8-41-22)10-4-6-29(2)7-5-10;7-4(5(11)12)2-1-3-10-6(8)9/h4-8,14,19H,3,9H2,1-2H3,(H4-,24,25,27,28,31,33,34,35,36,37);4H,1-3,7H2,(H,11,12)(H4,8,9,10)/b26-13-;. The highest BCUT2D eigenvalue weighted by molar-refractivity contribution is 8.07. The predicted molar refractivity (Wildman–Crippen MR) is 201 cm³/mol. The van der Waals surface area contributed by atoms with Gasteiger partial charge < -0.3 is 52.4 Å². The summed E-state index contributed by atoms with van der Waals surface area (Å²) in [5, 5.41) is 27.2. The number of oxime groups is 1. The Kier molecular flexibility index (Phi) is 15.1. The van der Waals surface area contributed by atoms with E-state index in [9.17, 15) is 33.7 Å². The van der Waals surface area contributed by atoms with Crippen molar-refractivity contribution in [3.63, 3.8) is 0 Å². The van der Waals surface area contributed by atoms with Crippen LogP contribution in [-0.4, -0.2) is 106 Å². The van der Waals surface area contributed by atoms with Crippen LogP contribution in [0.4, 0.5) is 5.13 Å². The summed E-state index contributed by atoms with van der Waals surface area (Å²) in [4.78, 5) is 87.6. The molecule has 0 radical (unpaired) electrons. The number of carboxylic acid groups (broad SMARTS) is 2. The van der Waals surface area contributed by atoms with Crippen molar-refractivity contribution in [1.82, 2.24) is 24.6 Å². The summed E-state index contributed by atoms with van der Waals surface area (Å²) < 4.78 is 17.5. The summed E-state index contributed by atoms with van der Waals surface area (Å²) in [5.41, 5.74) is 16.3. The second-order valence-corrected chi connectivity index (χ2v) is 16.4. The number of pyridine rings is 1. The van der Waals surface area contributed by atoms with Gasteiger partial charge in [-0.25, -0.2) is 14.3 Å². The molecule has 5 rings (SSSR count). The zero-order valence-corrected chi connectivity index (χ0v) is 33.0. The average molecular weight is 859 g/mol. The zero-order chi connectivity index (χ0) is 40.4. The molecule has 22 nitrogen and oxygen atoms in total. The highest BCUT2D eigenvalue weighted by atomic mass is 32.2. The maximum absolute atomic E-state index is 13.2. The number of β-lactam (4-membered cyclic amide) rings is 1. The number of nitrogens with two attached hydrogens (primary N) is 3. The summed E-state index contributed by atoms with van der Waals surface area (Å²) in [5.74, 6) is -3.89. The lowest BCUT2D eigenvalue weighted by molar-refractivity contribution is -0.671. The average Bonchev–Trinajstić information content (AvgIpc) is 3.78. The molecule has 2 aliphatic heterocycles. The van der Waals surface area contributed by atoms with Crippen molar-refractivity contribution in [2.45, 2.75) is 41.6 Å². The Morgan fingerprint density at radius 2 is 1.96 bits per heavy atom. The fourth-order valence-corrected chi connectivity index (χ4v) is 9.22. The molecule has 0 saturated carbocycles. The third-order valence-corrected chi connectivity index (χ3v) is 11.8. The molecular formula is C28H35N12O10PS4. The molecule has 4 atom stereocenters. The fourth-order valence-electron chi connectivity index (χ4n) is 4.53. The molecule has 55 heavy (non-hydrogen) atoms. The minimum absolute atomic E-state index is 0.0129. The van der Waals surface area contributed by atoms with E-state index in [0.717, 1.165) is 16.2 Å². The van der Waals surface area contributed by atoms with Crippen molar-refractivity contribution >= 4 is 94.7 Å². The SMILES string of the molecule is CCO/N=C(\C(=O)NC1C(=O)N2C(C(=O)O)=C(Sc3nc(-c4cc[n+](C)cc4)cs3)CSC12)c1nsc(NP(=O)([O-])O)n1.NC(N)=NCCCC(N)C(=O)O. The van der Waals surface area contributed by atoms with Crippen LogP contribution in [0.1, 0.15) is 25.6 Å². The van der Waals surface area contributed by atoms with Crippen LogP contribution < -0.4 is 37.1 Å². The van der Waals surface area contributed by atoms with Gasteiger partial charge in [-0.3, -0.25) is 28.8 Å². The second-order valence-electron chi connectivity index (χ2n) is 11.1. The number of guanidine groups is 1. The van der Waals surface area contributed by atoms with Crippen LogP contribution in [0, 0.1) is 0 Å².